The van der Waals surface area contributed by atoms with Crippen LogP contribution in [-0.2, 0) is 0 Å². The molecule has 258 valence electrons. The van der Waals surface area contributed by atoms with Crippen molar-refractivity contribution in [3.8, 4) is 73.8 Å². The molecule has 0 radical (unpaired) electrons. The molecule has 7 aromatic carbocycles. The molecule has 0 spiro atoms. The first-order valence-electron chi connectivity index (χ1n) is 18.3. The Morgan fingerprint density at radius 1 is 0.309 bits per heavy atom. The molecule has 0 amide bonds. The Morgan fingerprint density at radius 2 is 0.745 bits per heavy atom. The van der Waals surface area contributed by atoms with Crippen LogP contribution in [0.25, 0.3) is 95.6 Å². The third-order valence-electron chi connectivity index (χ3n) is 9.89. The molecule has 55 heavy (non-hydrogen) atoms. The van der Waals surface area contributed by atoms with Crippen LogP contribution in [-0.4, -0.2) is 29.5 Å². The summed E-state index contributed by atoms with van der Waals surface area (Å²) in [6, 6.07) is 66.1. The van der Waals surface area contributed by atoms with E-state index in [1.54, 1.807) is 0 Å². The Morgan fingerprint density at radius 3 is 1.35 bits per heavy atom. The Kier molecular flexibility index (Phi) is 8.04. The summed E-state index contributed by atoms with van der Waals surface area (Å²) in [5.41, 5.74) is 10.6. The Hall–Kier alpha value is -7.57. The van der Waals surface area contributed by atoms with E-state index in [4.69, 9.17) is 24.9 Å². The van der Waals surface area contributed by atoms with E-state index in [1.165, 1.54) is 0 Å². The summed E-state index contributed by atoms with van der Waals surface area (Å²) >= 11 is 0. The van der Waals surface area contributed by atoms with Crippen molar-refractivity contribution >= 4 is 21.8 Å². The molecule has 0 fully saturated rings. The van der Waals surface area contributed by atoms with E-state index < -0.39 is 0 Å². The highest BCUT2D eigenvalue weighted by molar-refractivity contribution is 6.15. The fourth-order valence-corrected chi connectivity index (χ4v) is 7.33. The van der Waals surface area contributed by atoms with Gasteiger partial charge in [0.1, 0.15) is 0 Å². The number of nitrogens with zero attached hydrogens (tertiary/aromatic N) is 6. The van der Waals surface area contributed by atoms with Crippen LogP contribution in [0.15, 0.2) is 194 Å². The zero-order valence-electron chi connectivity index (χ0n) is 29.7. The summed E-state index contributed by atoms with van der Waals surface area (Å²) < 4.78 is 2.32. The Bertz CT molecular complexity index is 2850. The van der Waals surface area contributed by atoms with E-state index >= 15 is 0 Å². The van der Waals surface area contributed by atoms with Gasteiger partial charge in [-0.05, 0) is 30.3 Å². The van der Waals surface area contributed by atoms with Gasteiger partial charge < -0.3 is 4.57 Å². The molecule has 0 bridgehead atoms. The van der Waals surface area contributed by atoms with Crippen molar-refractivity contribution in [2.75, 3.05) is 0 Å². The highest BCUT2D eigenvalue weighted by atomic mass is 15.1. The predicted octanol–water partition coefficient (Wildman–Crippen LogP) is 11.8. The lowest BCUT2D eigenvalue weighted by molar-refractivity contribution is 1.06. The average Bonchev–Trinajstić information content (AvgIpc) is 3.62. The fourth-order valence-electron chi connectivity index (χ4n) is 7.33. The largest absolute Gasteiger partial charge is 0.308 e. The number of benzene rings is 7. The molecule has 10 rings (SSSR count). The topological polar surface area (TPSA) is 69.4 Å². The number of hydrogen-bond acceptors (Lipinski definition) is 5. The van der Waals surface area contributed by atoms with Crippen molar-refractivity contribution in [1.29, 1.82) is 0 Å². The minimum Gasteiger partial charge on any atom is -0.308 e. The van der Waals surface area contributed by atoms with E-state index in [0.717, 1.165) is 72.3 Å². The maximum atomic E-state index is 5.23. The zero-order valence-corrected chi connectivity index (χ0v) is 29.7. The maximum absolute atomic E-state index is 5.23. The monoisotopic (exact) mass is 704 g/mol. The molecular formula is C49H32N6. The van der Waals surface area contributed by atoms with Gasteiger partial charge in [-0.15, -0.1) is 0 Å². The van der Waals surface area contributed by atoms with E-state index in [0.29, 0.717) is 23.3 Å². The molecule has 0 aliphatic carbocycles. The van der Waals surface area contributed by atoms with Crippen LogP contribution in [0.3, 0.4) is 0 Å². The molecule has 10 aromatic rings. The van der Waals surface area contributed by atoms with Crippen molar-refractivity contribution < 1.29 is 0 Å². The van der Waals surface area contributed by atoms with E-state index in [9.17, 15) is 0 Å². The van der Waals surface area contributed by atoms with Gasteiger partial charge in [-0.3, -0.25) is 0 Å². The van der Waals surface area contributed by atoms with Gasteiger partial charge >= 0.3 is 0 Å². The van der Waals surface area contributed by atoms with Gasteiger partial charge in [-0.2, -0.15) is 0 Å². The second kappa shape index (κ2) is 13.8. The first-order chi connectivity index (χ1) is 27.3. The summed E-state index contributed by atoms with van der Waals surface area (Å²) in [6.07, 6.45) is 0. The lowest BCUT2D eigenvalue weighted by atomic mass is 10.0. The van der Waals surface area contributed by atoms with E-state index in [2.05, 4.69) is 95.6 Å². The summed E-state index contributed by atoms with van der Waals surface area (Å²) in [5, 5.41) is 2.17. The van der Waals surface area contributed by atoms with Gasteiger partial charge in [-0.1, -0.05) is 164 Å². The Balaban J connectivity index is 1.21. The van der Waals surface area contributed by atoms with Gasteiger partial charge in [0.15, 0.2) is 23.3 Å². The highest BCUT2D eigenvalue weighted by Crippen LogP contribution is 2.40. The van der Waals surface area contributed by atoms with Crippen molar-refractivity contribution in [2.24, 2.45) is 0 Å². The molecule has 6 heteroatoms. The molecular weight excluding hydrogens is 673 g/mol. The van der Waals surface area contributed by atoms with Crippen LogP contribution in [0, 0.1) is 0 Å². The number of fused-ring (bicyclic) bond motifs is 3. The molecule has 3 heterocycles. The van der Waals surface area contributed by atoms with Gasteiger partial charge in [0.05, 0.1) is 28.1 Å². The molecule has 0 N–H and O–H groups in total. The third kappa shape index (κ3) is 5.92. The van der Waals surface area contributed by atoms with Crippen LogP contribution in [0.5, 0.6) is 0 Å². The molecule has 3 aromatic heterocycles. The average molecular weight is 705 g/mol. The van der Waals surface area contributed by atoms with Crippen molar-refractivity contribution in [3.63, 3.8) is 0 Å². The van der Waals surface area contributed by atoms with Gasteiger partial charge in [0.2, 0.25) is 0 Å². The lowest BCUT2D eigenvalue weighted by Crippen LogP contribution is -2.03. The second-order valence-electron chi connectivity index (χ2n) is 13.3. The first-order valence-corrected chi connectivity index (χ1v) is 18.3. The number of hydrogen-bond donors (Lipinski definition) is 0. The van der Waals surface area contributed by atoms with Crippen LogP contribution in [0.1, 0.15) is 0 Å². The van der Waals surface area contributed by atoms with E-state index in [1.807, 2.05) is 103 Å². The molecule has 0 aliphatic rings. The third-order valence-corrected chi connectivity index (χ3v) is 9.89. The van der Waals surface area contributed by atoms with Gasteiger partial charge in [-0.25, -0.2) is 24.9 Å². The lowest BCUT2D eigenvalue weighted by Gasteiger charge is -2.15. The van der Waals surface area contributed by atoms with Crippen molar-refractivity contribution in [3.05, 3.63) is 194 Å². The summed E-state index contributed by atoms with van der Waals surface area (Å²) in [7, 11) is 0. The van der Waals surface area contributed by atoms with Crippen molar-refractivity contribution in [1.82, 2.24) is 29.5 Å². The smallest absolute Gasteiger partial charge is 0.166 e. The second-order valence-corrected chi connectivity index (χ2v) is 13.3. The van der Waals surface area contributed by atoms with Crippen LogP contribution < -0.4 is 0 Å². The standard InChI is InChI=1S/C49H32N6/c1-5-18-33(19-6-1)40-32-41(34-20-7-2-8-21-34)51-49(50-40)39-28-17-31-44-45(39)37-26-13-15-29-42(37)55(44)43-30-16-14-27-38(43)48-53-46(35-22-9-3-10-23-35)52-47(54-48)36-24-11-4-12-25-36/h1-32H. The fraction of sp³-hybridized carbons (Fsp3) is 0. The number of para-hydroxylation sites is 2. The Labute approximate surface area is 318 Å². The molecule has 0 unspecified atom stereocenters. The maximum Gasteiger partial charge on any atom is 0.166 e. The summed E-state index contributed by atoms with van der Waals surface area (Å²) in [4.78, 5) is 25.7. The van der Waals surface area contributed by atoms with Crippen LogP contribution in [0.4, 0.5) is 0 Å². The highest BCUT2D eigenvalue weighted by Gasteiger charge is 2.22. The molecule has 0 saturated heterocycles. The number of aromatic nitrogens is 6. The minimum absolute atomic E-state index is 0.594. The van der Waals surface area contributed by atoms with E-state index in [-0.39, 0.29) is 0 Å². The van der Waals surface area contributed by atoms with Crippen LogP contribution >= 0.6 is 0 Å². The summed E-state index contributed by atoms with van der Waals surface area (Å²) in [6.45, 7) is 0. The normalized spacial score (nSPS) is 11.3. The minimum atomic E-state index is 0.594. The SMILES string of the molecule is c1ccc(-c2cc(-c3ccccc3)nc(-c3cccc4c3c3ccccc3n4-c3ccccc3-c3nc(-c4ccccc4)nc(-c4ccccc4)n3)n2)cc1. The summed E-state index contributed by atoms with van der Waals surface area (Å²) in [5.74, 6) is 2.50. The van der Waals surface area contributed by atoms with Crippen LogP contribution in [0.2, 0.25) is 0 Å². The molecule has 0 aliphatic heterocycles. The molecule has 0 atom stereocenters. The molecule has 0 saturated carbocycles. The zero-order chi connectivity index (χ0) is 36.6. The first kappa shape index (κ1) is 32.1. The van der Waals surface area contributed by atoms with Gasteiger partial charge in [0, 0.05) is 44.2 Å². The molecule has 6 nitrogen and oxygen atoms in total. The van der Waals surface area contributed by atoms with Gasteiger partial charge in [0.25, 0.3) is 0 Å². The van der Waals surface area contributed by atoms with Crippen molar-refractivity contribution in [2.45, 2.75) is 0 Å². The number of rotatable bonds is 7. The quantitative estimate of drug-likeness (QED) is 0.165. The predicted molar refractivity (Wildman–Crippen MR) is 222 cm³/mol.